The SMILES string of the molecule is O=C(NNC(=S)NCc1ccco1)[C@H]1C[C@H]1c1ccccc1. The molecule has 22 heavy (non-hydrogen) atoms. The summed E-state index contributed by atoms with van der Waals surface area (Å²) in [4.78, 5) is 12.0. The van der Waals surface area contributed by atoms with Crippen LogP contribution in [-0.4, -0.2) is 11.0 Å². The van der Waals surface area contributed by atoms with Crippen LogP contribution in [0.4, 0.5) is 0 Å². The first-order chi connectivity index (χ1) is 10.7. The molecule has 1 aliphatic rings. The fraction of sp³-hybridized carbons (Fsp3) is 0.250. The average Bonchev–Trinajstić information content (AvgIpc) is 3.19. The third kappa shape index (κ3) is 3.65. The first kappa shape index (κ1) is 14.6. The lowest BCUT2D eigenvalue weighted by molar-refractivity contribution is -0.122. The van der Waals surface area contributed by atoms with Crippen molar-refractivity contribution >= 4 is 23.2 Å². The molecule has 5 nitrogen and oxygen atoms in total. The number of hydrogen-bond acceptors (Lipinski definition) is 3. The molecule has 1 aliphatic carbocycles. The van der Waals surface area contributed by atoms with Gasteiger partial charge in [-0.05, 0) is 42.3 Å². The van der Waals surface area contributed by atoms with Crippen LogP contribution < -0.4 is 16.2 Å². The highest BCUT2D eigenvalue weighted by molar-refractivity contribution is 7.80. The summed E-state index contributed by atoms with van der Waals surface area (Å²) >= 11 is 5.10. The van der Waals surface area contributed by atoms with Crippen LogP contribution in [0.15, 0.2) is 53.1 Å². The summed E-state index contributed by atoms with van der Waals surface area (Å²) in [6, 6.07) is 13.7. The van der Waals surface area contributed by atoms with E-state index >= 15 is 0 Å². The number of carbonyl (C=O) groups excluding carboxylic acids is 1. The maximum absolute atomic E-state index is 12.0. The van der Waals surface area contributed by atoms with Crippen LogP contribution >= 0.6 is 12.2 Å². The smallest absolute Gasteiger partial charge is 0.242 e. The van der Waals surface area contributed by atoms with Gasteiger partial charge in [0.25, 0.3) is 0 Å². The van der Waals surface area contributed by atoms with Crippen LogP contribution in [0.1, 0.15) is 23.7 Å². The lowest BCUT2D eigenvalue weighted by Crippen LogP contribution is -2.47. The van der Waals surface area contributed by atoms with Gasteiger partial charge in [-0.15, -0.1) is 0 Å². The van der Waals surface area contributed by atoms with Gasteiger partial charge in [0, 0.05) is 5.92 Å². The third-order valence-electron chi connectivity index (χ3n) is 3.66. The predicted molar refractivity (Wildman–Crippen MR) is 86.7 cm³/mol. The fourth-order valence-corrected chi connectivity index (χ4v) is 2.51. The summed E-state index contributed by atoms with van der Waals surface area (Å²) in [6.45, 7) is 0.477. The van der Waals surface area contributed by atoms with E-state index in [2.05, 4.69) is 28.3 Å². The van der Waals surface area contributed by atoms with Crippen molar-refractivity contribution in [2.45, 2.75) is 18.9 Å². The summed E-state index contributed by atoms with van der Waals surface area (Å²) in [5.41, 5.74) is 6.58. The van der Waals surface area contributed by atoms with Crippen LogP contribution in [0, 0.1) is 5.92 Å². The Kier molecular flexibility index (Phi) is 4.39. The number of carbonyl (C=O) groups is 1. The lowest BCUT2D eigenvalue weighted by Gasteiger charge is -2.10. The molecule has 0 unspecified atom stereocenters. The highest BCUT2D eigenvalue weighted by Gasteiger charge is 2.43. The van der Waals surface area contributed by atoms with Gasteiger partial charge < -0.3 is 9.73 Å². The monoisotopic (exact) mass is 315 g/mol. The van der Waals surface area contributed by atoms with E-state index in [9.17, 15) is 4.79 Å². The van der Waals surface area contributed by atoms with E-state index in [1.54, 1.807) is 6.26 Å². The van der Waals surface area contributed by atoms with Crippen LogP contribution in [0.2, 0.25) is 0 Å². The normalized spacial score (nSPS) is 19.3. The number of furan rings is 1. The maximum atomic E-state index is 12.0. The van der Waals surface area contributed by atoms with E-state index in [1.807, 2.05) is 30.3 Å². The molecule has 0 aliphatic heterocycles. The third-order valence-corrected chi connectivity index (χ3v) is 3.90. The molecule has 0 spiro atoms. The number of hydrogen-bond donors (Lipinski definition) is 3. The van der Waals surface area contributed by atoms with E-state index in [0.29, 0.717) is 17.6 Å². The Balaban J connectivity index is 1.39. The predicted octanol–water partition coefficient (Wildman–Crippen LogP) is 2.08. The molecule has 1 amide bonds. The summed E-state index contributed by atoms with van der Waals surface area (Å²) in [5.74, 6) is 1.08. The Hall–Kier alpha value is -2.34. The fourth-order valence-electron chi connectivity index (χ4n) is 2.39. The topological polar surface area (TPSA) is 66.3 Å². The van der Waals surface area contributed by atoms with E-state index in [1.165, 1.54) is 5.56 Å². The number of nitrogens with one attached hydrogen (secondary N) is 3. The highest BCUT2D eigenvalue weighted by Crippen LogP contribution is 2.47. The Morgan fingerprint density at radius 3 is 2.73 bits per heavy atom. The van der Waals surface area contributed by atoms with Crippen molar-refractivity contribution in [1.82, 2.24) is 16.2 Å². The minimum Gasteiger partial charge on any atom is -0.467 e. The lowest BCUT2D eigenvalue weighted by atomic mass is 10.1. The second kappa shape index (κ2) is 6.62. The first-order valence-corrected chi connectivity index (χ1v) is 7.56. The summed E-state index contributed by atoms with van der Waals surface area (Å²) < 4.78 is 5.18. The highest BCUT2D eigenvalue weighted by atomic mass is 32.1. The van der Waals surface area contributed by atoms with Crippen molar-refractivity contribution in [1.29, 1.82) is 0 Å². The van der Waals surface area contributed by atoms with Crippen LogP contribution in [0.5, 0.6) is 0 Å². The molecular weight excluding hydrogens is 298 g/mol. The minimum absolute atomic E-state index is 0.0165. The van der Waals surface area contributed by atoms with Gasteiger partial charge in [0.15, 0.2) is 5.11 Å². The molecule has 1 aromatic heterocycles. The quantitative estimate of drug-likeness (QED) is 0.595. The van der Waals surface area contributed by atoms with Gasteiger partial charge in [-0.25, -0.2) is 0 Å². The van der Waals surface area contributed by atoms with Crippen molar-refractivity contribution in [3.63, 3.8) is 0 Å². The van der Waals surface area contributed by atoms with E-state index in [4.69, 9.17) is 16.6 Å². The summed E-state index contributed by atoms with van der Waals surface area (Å²) in [5, 5.41) is 3.32. The Morgan fingerprint density at radius 1 is 1.18 bits per heavy atom. The second-order valence-electron chi connectivity index (χ2n) is 5.24. The van der Waals surface area contributed by atoms with Crippen molar-refractivity contribution < 1.29 is 9.21 Å². The number of benzene rings is 1. The molecule has 1 aromatic carbocycles. The first-order valence-electron chi connectivity index (χ1n) is 7.15. The van der Waals surface area contributed by atoms with Crippen LogP contribution in [0.25, 0.3) is 0 Å². The van der Waals surface area contributed by atoms with Crippen LogP contribution in [0.3, 0.4) is 0 Å². The zero-order chi connectivity index (χ0) is 15.4. The van der Waals surface area contributed by atoms with Crippen molar-refractivity contribution in [2.75, 3.05) is 0 Å². The van der Waals surface area contributed by atoms with Gasteiger partial charge in [-0.2, -0.15) is 0 Å². The molecule has 3 rings (SSSR count). The summed E-state index contributed by atoms with van der Waals surface area (Å²) in [7, 11) is 0. The molecule has 6 heteroatoms. The average molecular weight is 315 g/mol. The maximum Gasteiger partial charge on any atom is 0.242 e. The largest absolute Gasteiger partial charge is 0.467 e. The number of rotatable bonds is 4. The van der Waals surface area contributed by atoms with Gasteiger partial charge >= 0.3 is 0 Å². The number of amides is 1. The molecule has 2 atom stereocenters. The minimum atomic E-state index is -0.0315. The molecule has 1 fully saturated rings. The molecule has 1 saturated carbocycles. The van der Waals surface area contributed by atoms with Gasteiger partial charge in [0.2, 0.25) is 5.91 Å². The molecular formula is C16H17N3O2S. The van der Waals surface area contributed by atoms with Crippen LogP contribution in [-0.2, 0) is 11.3 Å². The molecule has 0 saturated heterocycles. The molecule has 3 N–H and O–H groups in total. The number of hydrazine groups is 1. The Morgan fingerprint density at radius 2 is 2.00 bits per heavy atom. The van der Waals surface area contributed by atoms with Crippen molar-refractivity contribution in [3.8, 4) is 0 Å². The Labute approximate surface area is 134 Å². The van der Waals surface area contributed by atoms with Gasteiger partial charge in [-0.1, -0.05) is 30.3 Å². The second-order valence-corrected chi connectivity index (χ2v) is 5.64. The summed E-state index contributed by atoms with van der Waals surface area (Å²) in [6.07, 6.45) is 2.48. The zero-order valence-corrected chi connectivity index (χ0v) is 12.7. The van der Waals surface area contributed by atoms with E-state index < -0.39 is 0 Å². The standard InChI is InChI=1S/C16H17N3O2S/c20-15(14-9-13(14)11-5-2-1-3-6-11)18-19-16(22)17-10-12-7-4-8-21-12/h1-8,13-14H,9-10H2,(H,18,20)(H2,17,19,22)/t13-,14-/m0/s1. The van der Waals surface area contributed by atoms with Gasteiger partial charge in [0.05, 0.1) is 12.8 Å². The molecule has 0 bridgehead atoms. The Bertz CT molecular complexity index is 643. The van der Waals surface area contributed by atoms with Gasteiger partial charge in [-0.3, -0.25) is 15.6 Å². The molecule has 114 valence electrons. The number of thiocarbonyl (C=S) groups is 1. The van der Waals surface area contributed by atoms with Crippen molar-refractivity contribution in [3.05, 3.63) is 60.1 Å². The van der Waals surface area contributed by atoms with Crippen molar-refractivity contribution in [2.24, 2.45) is 5.92 Å². The van der Waals surface area contributed by atoms with E-state index in [0.717, 1.165) is 12.2 Å². The molecule has 2 aromatic rings. The molecule has 0 radical (unpaired) electrons. The molecule has 1 heterocycles. The zero-order valence-electron chi connectivity index (χ0n) is 11.9. The van der Waals surface area contributed by atoms with Gasteiger partial charge in [0.1, 0.15) is 5.76 Å². The van der Waals surface area contributed by atoms with E-state index in [-0.39, 0.29) is 11.8 Å².